The number of carbonyl (C=O) groups is 4. The SMILES string of the molecule is CCCCCCCCCCCC(=O)OCC(COP(=O)([O-])OCC(O)COP(=O)([O-])OCC(COC(=O)CCCCCCCCCCC)OC(=O)CCCCCCCCCCC)OC(=O)CCCCCCCCCCC.COc1cc(O)c2c(=O)cc(C)oc2c1CC=C(C)C.[Na+].[Na+]. The van der Waals surface area contributed by atoms with Gasteiger partial charge in [0.15, 0.2) is 17.6 Å². The van der Waals surface area contributed by atoms with Crippen LogP contribution in [0.25, 0.3) is 11.0 Å². The van der Waals surface area contributed by atoms with Crippen molar-refractivity contribution in [1.29, 1.82) is 0 Å². The third-order valence-corrected chi connectivity index (χ3v) is 18.0. The third-order valence-electron chi connectivity index (χ3n) is 16.2. The van der Waals surface area contributed by atoms with Gasteiger partial charge in [0.2, 0.25) is 0 Å². The molecule has 1 heterocycles. The number of fused-ring (bicyclic) bond motifs is 1. The van der Waals surface area contributed by atoms with Gasteiger partial charge >= 0.3 is 83.0 Å². The number of esters is 4. The summed E-state index contributed by atoms with van der Waals surface area (Å²) in [6, 6.07) is 2.84. The molecule has 0 amide bonds. The van der Waals surface area contributed by atoms with Gasteiger partial charge in [-0.05, 0) is 52.9 Å². The van der Waals surface area contributed by atoms with Crippen LogP contribution < -0.4 is 79.1 Å². The molecule has 2 N–H and O–H groups in total. The summed E-state index contributed by atoms with van der Waals surface area (Å²) in [5.74, 6) is -1.34. The number of hydrogen-bond donors (Lipinski definition) is 2. The second-order valence-corrected chi connectivity index (χ2v) is 28.4. The zero-order chi connectivity index (χ0) is 71.1. The molecule has 25 heteroatoms. The standard InChI is InChI=1S/C57H110O17P2.C16H18O4.2Na/c1-5-9-13-17-21-25-29-33-37-41-54(59)67-47-52(73-56(61)43-39-35-31-27-23-19-15-11-7-3)49-71-75(63,64)69-45-51(58)46-70-76(65,66)72-50-53(74-57(62)44-40-36-32-28-24-20-16-12-8-4)48-68-55(60)42-38-34-30-26-22-18-14-10-6-2;1-9(2)5-6-11-14(19-4)8-13(18)15-12(17)7-10(3)20-16(11)15;;/h51-53,58H,5-50H2,1-4H3,(H,63,64)(H,65,66);5,7-8,18H,6H2,1-4H3;;/q;;2*+1/p-2. The van der Waals surface area contributed by atoms with Gasteiger partial charge in [-0.15, -0.1) is 0 Å². The molecule has 0 bridgehead atoms. The van der Waals surface area contributed by atoms with E-state index in [2.05, 4.69) is 27.7 Å². The molecule has 0 saturated carbocycles. The fourth-order valence-electron chi connectivity index (χ4n) is 10.5. The summed E-state index contributed by atoms with van der Waals surface area (Å²) < 4.78 is 77.6. The number of hydrogen-bond acceptors (Lipinski definition) is 21. The Labute approximate surface area is 633 Å². The first-order valence-corrected chi connectivity index (χ1v) is 39.6. The van der Waals surface area contributed by atoms with Crippen molar-refractivity contribution in [3.8, 4) is 11.5 Å². The Morgan fingerprint density at radius 2 is 0.796 bits per heavy atom. The molecule has 4 atom stereocenters. The number of carbonyl (C=O) groups excluding carboxylic acids is 4. The van der Waals surface area contributed by atoms with Crippen LogP contribution in [0, 0.1) is 6.92 Å². The van der Waals surface area contributed by atoms with E-state index < -0.39 is 97.5 Å². The van der Waals surface area contributed by atoms with Gasteiger partial charge in [0, 0.05) is 43.4 Å². The number of allylic oxidation sites excluding steroid dienone is 2. The molecule has 0 fully saturated rings. The minimum Gasteiger partial charge on any atom is -0.756 e. The van der Waals surface area contributed by atoms with Crippen molar-refractivity contribution in [2.45, 2.75) is 330 Å². The van der Waals surface area contributed by atoms with E-state index in [0.29, 0.717) is 49.2 Å². The van der Waals surface area contributed by atoms with Crippen molar-refractivity contribution in [2.24, 2.45) is 0 Å². The van der Waals surface area contributed by atoms with Crippen molar-refractivity contribution in [1.82, 2.24) is 0 Å². The van der Waals surface area contributed by atoms with E-state index in [9.17, 15) is 53.1 Å². The molecule has 2 aromatic rings. The average molecular weight is 1450 g/mol. The monoisotopic (exact) mass is 1450 g/mol. The Balaban J connectivity index is 0. The van der Waals surface area contributed by atoms with Crippen LogP contribution in [0.1, 0.15) is 310 Å². The maximum Gasteiger partial charge on any atom is 1.00 e. The Kier molecular flexibility index (Phi) is 63.2. The first-order valence-electron chi connectivity index (χ1n) is 36.7. The van der Waals surface area contributed by atoms with E-state index in [1.54, 1.807) is 6.92 Å². The summed E-state index contributed by atoms with van der Waals surface area (Å²) in [5.41, 5.74) is 2.07. The Hall–Kier alpha value is -2.17. The summed E-state index contributed by atoms with van der Waals surface area (Å²) in [7, 11) is -8.86. The van der Waals surface area contributed by atoms with E-state index >= 15 is 0 Å². The van der Waals surface area contributed by atoms with Crippen molar-refractivity contribution in [3.05, 3.63) is 45.3 Å². The molecule has 4 unspecified atom stereocenters. The number of unbranched alkanes of at least 4 members (excludes halogenated alkanes) is 32. The van der Waals surface area contributed by atoms with Crippen molar-refractivity contribution < 1.29 is 154 Å². The summed E-state index contributed by atoms with van der Waals surface area (Å²) in [6.45, 7) is 10.1. The molecule has 0 saturated heterocycles. The van der Waals surface area contributed by atoms with Crippen LogP contribution in [0.15, 0.2) is 33.0 Å². The Morgan fingerprint density at radius 3 is 1.11 bits per heavy atom. The van der Waals surface area contributed by atoms with Gasteiger partial charge in [0.05, 0.1) is 33.5 Å². The summed E-state index contributed by atoms with van der Waals surface area (Å²) in [4.78, 5) is 88.3. The number of aliphatic hydroxyl groups is 1. The maximum atomic E-state index is 12.8. The minimum absolute atomic E-state index is 0. The smallest absolute Gasteiger partial charge is 0.756 e. The number of rotatable bonds is 61. The predicted octanol–water partition coefficient (Wildman–Crippen LogP) is 11.3. The van der Waals surface area contributed by atoms with Crippen LogP contribution in [0.2, 0.25) is 0 Å². The molecule has 0 aliphatic heterocycles. The quantitative estimate of drug-likeness (QED) is 0.0155. The third kappa shape index (κ3) is 53.6. The van der Waals surface area contributed by atoms with Gasteiger partial charge in [-0.3, -0.25) is 33.1 Å². The van der Waals surface area contributed by atoms with Crippen LogP contribution in [-0.2, 0) is 71.8 Å². The van der Waals surface area contributed by atoms with E-state index in [-0.39, 0.29) is 101 Å². The fourth-order valence-corrected chi connectivity index (χ4v) is 12.1. The zero-order valence-electron chi connectivity index (χ0n) is 62.2. The molecular formula is C73H126Na2O21P2. The summed E-state index contributed by atoms with van der Waals surface area (Å²) in [6.07, 6.45) is 36.8. The largest absolute Gasteiger partial charge is 1.00 e. The molecule has 1 aromatic heterocycles. The number of aromatic hydroxyl groups is 1. The Bertz CT molecular complexity index is 2460. The molecular weight excluding hydrogens is 1320 g/mol. The number of phosphoric ester groups is 2. The number of aryl methyl sites for hydroxylation is 1. The van der Waals surface area contributed by atoms with Gasteiger partial charge in [-0.2, -0.15) is 0 Å². The van der Waals surface area contributed by atoms with Gasteiger partial charge in [-0.1, -0.05) is 245 Å². The number of benzene rings is 1. The average Bonchev–Trinajstić information content (AvgIpc) is 0.774. The van der Waals surface area contributed by atoms with Gasteiger partial charge in [0.25, 0.3) is 15.6 Å². The predicted molar refractivity (Wildman–Crippen MR) is 373 cm³/mol. The van der Waals surface area contributed by atoms with Crippen molar-refractivity contribution in [2.75, 3.05) is 46.8 Å². The van der Waals surface area contributed by atoms with E-state index in [0.717, 1.165) is 114 Å². The molecule has 98 heavy (non-hydrogen) atoms. The summed E-state index contributed by atoms with van der Waals surface area (Å²) in [5, 5.41) is 20.6. The number of methoxy groups -OCH3 is 1. The van der Waals surface area contributed by atoms with Crippen LogP contribution in [0.4, 0.5) is 0 Å². The number of phosphoric acid groups is 2. The molecule has 0 spiro atoms. The van der Waals surface area contributed by atoms with Gasteiger partial charge in [0.1, 0.15) is 47.5 Å². The van der Waals surface area contributed by atoms with Crippen LogP contribution in [0.5, 0.6) is 11.5 Å². The van der Waals surface area contributed by atoms with Gasteiger partial charge in [-0.25, -0.2) is 0 Å². The number of phenolic OH excluding ortho intramolecular Hbond substituents is 1. The number of ether oxygens (including phenoxy) is 5. The molecule has 0 radical (unpaired) electrons. The second kappa shape index (κ2) is 63.3. The number of aliphatic hydroxyl groups excluding tert-OH is 1. The van der Waals surface area contributed by atoms with E-state index in [4.69, 9.17) is 46.2 Å². The first kappa shape index (κ1) is 97.9. The maximum absolute atomic E-state index is 12.8. The van der Waals surface area contributed by atoms with E-state index in [1.807, 2.05) is 19.9 Å². The van der Waals surface area contributed by atoms with Crippen LogP contribution >= 0.6 is 15.6 Å². The Morgan fingerprint density at radius 1 is 0.490 bits per heavy atom. The van der Waals surface area contributed by atoms with Crippen LogP contribution in [0.3, 0.4) is 0 Å². The van der Waals surface area contributed by atoms with Crippen LogP contribution in [-0.4, -0.2) is 99.2 Å². The molecule has 556 valence electrons. The summed E-state index contributed by atoms with van der Waals surface area (Å²) >= 11 is 0. The first-order chi connectivity index (χ1) is 46.1. The van der Waals surface area contributed by atoms with Gasteiger partial charge < -0.3 is 66.2 Å². The normalized spacial score (nSPS) is 13.3. The second-order valence-electron chi connectivity index (χ2n) is 25.6. The molecule has 1 aromatic carbocycles. The minimum atomic E-state index is -5.20. The molecule has 0 aliphatic carbocycles. The topological polar surface area (TPSA) is 302 Å². The number of phenols is 1. The molecule has 21 nitrogen and oxygen atoms in total. The zero-order valence-corrected chi connectivity index (χ0v) is 68.0. The van der Waals surface area contributed by atoms with Crippen molar-refractivity contribution in [3.63, 3.8) is 0 Å². The fraction of sp³-hybridized carbons (Fsp3) is 0.795. The van der Waals surface area contributed by atoms with E-state index in [1.165, 1.54) is 122 Å². The molecule has 0 aliphatic rings. The van der Waals surface area contributed by atoms with Crippen molar-refractivity contribution >= 4 is 50.5 Å². The molecule has 2 rings (SSSR count).